The summed E-state index contributed by atoms with van der Waals surface area (Å²) in [6.45, 7) is 0.728. The first-order valence-corrected chi connectivity index (χ1v) is 9.21. The Morgan fingerprint density at radius 2 is 1.87 bits per heavy atom. The van der Waals surface area contributed by atoms with Crippen LogP contribution in [0.4, 0.5) is 18.9 Å². The highest BCUT2D eigenvalue weighted by Gasteiger charge is 2.24. The van der Waals surface area contributed by atoms with Crippen molar-refractivity contribution in [3.63, 3.8) is 0 Å². The fourth-order valence-corrected chi connectivity index (χ4v) is 3.66. The molecule has 1 aromatic heterocycles. The van der Waals surface area contributed by atoms with Gasteiger partial charge in [-0.2, -0.15) is 0 Å². The Bertz CT molecular complexity index is 1300. The number of halogens is 3. The molecular formula is C21H16F3N3O4. The summed E-state index contributed by atoms with van der Waals surface area (Å²) in [6.07, 6.45) is 1.50. The summed E-state index contributed by atoms with van der Waals surface area (Å²) < 4.78 is 44.0. The molecule has 3 aromatic rings. The zero-order valence-corrected chi connectivity index (χ0v) is 16.2. The standard InChI is InChI=1S/C21H16F3N3O4/c1-31-25-12-4-5-26(9-12)19-8-18-13(7-16(19)24)20(28)14(21(29)30)10-27(18)17-3-2-11(22)6-15(17)23/h2-3,6-8,10H,4-5,9H2,1H3,(H,29,30)/b25-12-. The third-order valence-corrected chi connectivity index (χ3v) is 5.08. The van der Waals surface area contributed by atoms with Gasteiger partial charge >= 0.3 is 5.97 Å². The van der Waals surface area contributed by atoms with E-state index in [1.54, 1.807) is 4.90 Å². The number of nitrogens with zero attached hydrogens (tertiary/aromatic N) is 3. The van der Waals surface area contributed by atoms with E-state index in [4.69, 9.17) is 4.84 Å². The highest BCUT2D eigenvalue weighted by molar-refractivity contribution is 5.96. The Kier molecular flexibility index (Phi) is 5.14. The molecule has 0 atom stereocenters. The first kappa shape index (κ1) is 20.5. The van der Waals surface area contributed by atoms with E-state index < -0.39 is 34.4 Å². The SMILES string of the molecule is CO/N=C1/CCN(c2cc3c(cc2F)c(=O)c(C(=O)O)cn3-c2ccc(F)cc2F)C1. The fraction of sp³-hybridized carbons (Fsp3) is 0.190. The molecule has 4 rings (SSSR count). The number of pyridine rings is 1. The van der Waals surface area contributed by atoms with Gasteiger partial charge in [-0.05, 0) is 24.3 Å². The van der Waals surface area contributed by atoms with E-state index >= 15 is 0 Å². The number of hydrogen-bond donors (Lipinski definition) is 1. The maximum absolute atomic E-state index is 14.9. The van der Waals surface area contributed by atoms with Crippen LogP contribution in [0.5, 0.6) is 0 Å². The Hall–Kier alpha value is -3.82. The van der Waals surface area contributed by atoms with Gasteiger partial charge in [-0.1, -0.05) is 5.16 Å². The van der Waals surface area contributed by atoms with Crippen molar-refractivity contribution in [2.45, 2.75) is 6.42 Å². The zero-order chi connectivity index (χ0) is 22.3. The van der Waals surface area contributed by atoms with Crippen LogP contribution in [-0.2, 0) is 4.84 Å². The molecule has 1 aliphatic rings. The smallest absolute Gasteiger partial charge is 0.341 e. The average Bonchev–Trinajstić information content (AvgIpc) is 3.17. The molecule has 1 fully saturated rings. The van der Waals surface area contributed by atoms with Crippen LogP contribution in [0.15, 0.2) is 46.5 Å². The third kappa shape index (κ3) is 3.60. The number of aromatic carboxylic acids is 1. The van der Waals surface area contributed by atoms with Gasteiger partial charge < -0.3 is 19.4 Å². The number of anilines is 1. The molecule has 31 heavy (non-hydrogen) atoms. The molecular weight excluding hydrogens is 415 g/mol. The molecule has 1 saturated heterocycles. The number of rotatable bonds is 4. The fourth-order valence-electron chi connectivity index (χ4n) is 3.66. The highest BCUT2D eigenvalue weighted by atomic mass is 19.1. The molecule has 7 nitrogen and oxygen atoms in total. The zero-order valence-electron chi connectivity index (χ0n) is 16.2. The minimum absolute atomic E-state index is 0.0778. The lowest BCUT2D eigenvalue weighted by Crippen LogP contribution is -2.23. The molecule has 160 valence electrons. The molecule has 1 aliphatic heterocycles. The first-order chi connectivity index (χ1) is 14.8. The monoisotopic (exact) mass is 431 g/mol. The number of carboxylic acids is 1. The van der Waals surface area contributed by atoms with E-state index in [1.807, 2.05) is 0 Å². The van der Waals surface area contributed by atoms with E-state index in [9.17, 15) is 27.9 Å². The second kappa shape index (κ2) is 7.78. The number of fused-ring (bicyclic) bond motifs is 1. The minimum Gasteiger partial charge on any atom is -0.477 e. The van der Waals surface area contributed by atoms with Crippen molar-refractivity contribution in [1.29, 1.82) is 0 Å². The van der Waals surface area contributed by atoms with Crippen LogP contribution in [0.2, 0.25) is 0 Å². The van der Waals surface area contributed by atoms with Crippen molar-refractivity contribution >= 4 is 28.3 Å². The number of aromatic nitrogens is 1. The number of oxime groups is 1. The van der Waals surface area contributed by atoms with Gasteiger partial charge in [-0.25, -0.2) is 18.0 Å². The topological polar surface area (TPSA) is 84.1 Å². The van der Waals surface area contributed by atoms with Gasteiger partial charge in [0.05, 0.1) is 29.1 Å². The van der Waals surface area contributed by atoms with Crippen molar-refractivity contribution in [2.24, 2.45) is 5.16 Å². The predicted octanol–water partition coefficient (Wildman–Crippen LogP) is 3.32. The van der Waals surface area contributed by atoms with E-state index in [0.717, 1.165) is 29.0 Å². The Labute approximate surface area is 173 Å². The maximum Gasteiger partial charge on any atom is 0.341 e. The second-order valence-electron chi connectivity index (χ2n) is 6.98. The number of benzene rings is 2. The average molecular weight is 431 g/mol. The molecule has 0 aliphatic carbocycles. The maximum atomic E-state index is 14.9. The van der Waals surface area contributed by atoms with Crippen LogP contribution in [0, 0.1) is 17.5 Å². The molecule has 10 heteroatoms. The number of hydrogen-bond acceptors (Lipinski definition) is 5. The summed E-state index contributed by atoms with van der Waals surface area (Å²) in [7, 11) is 1.40. The van der Waals surface area contributed by atoms with Crippen molar-refractivity contribution < 1.29 is 27.9 Å². The lowest BCUT2D eigenvalue weighted by molar-refractivity contribution is 0.0695. The quantitative estimate of drug-likeness (QED) is 0.641. The van der Waals surface area contributed by atoms with Gasteiger partial charge in [-0.15, -0.1) is 0 Å². The van der Waals surface area contributed by atoms with Crippen LogP contribution >= 0.6 is 0 Å². The van der Waals surface area contributed by atoms with Gasteiger partial charge in [0.15, 0.2) is 0 Å². The molecule has 0 amide bonds. The summed E-state index contributed by atoms with van der Waals surface area (Å²) in [4.78, 5) is 30.6. The molecule has 0 unspecified atom stereocenters. The van der Waals surface area contributed by atoms with Crippen LogP contribution in [0.25, 0.3) is 16.6 Å². The molecule has 0 bridgehead atoms. The van der Waals surface area contributed by atoms with Crippen molar-refractivity contribution in [3.8, 4) is 5.69 Å². The van der Waals surface area contributed by atoms with E-state index in [1.165, 1.54) is 13.2 Å². The molecule has 0 radical (unpaired) electrons. The van der Waals surface area contributed by atoms with E-state index in [0.29, 0.717) is 31.3 Å². The Balaban J connectivity index is 1.99. The van der Waals surface area contributed by atoms with Gasteiger partial charge in [0.25, 0.3) is 0 Å². The van der Waals surface area contributed by atoms with E-state index in [2.05, 4.69) is 5.16 Å². The van der Waals surface area contributed by atoms with Crippen molar-refractivity contribution in [1.82, 2.24) is 4.57 Å². The molecule has 0 saturated carbocycles. The predicted molar refractivity (Wildman–Crippen MR) is 108 cm³/mol. The normalized spacial score (nSPS) is 15.1. The summed E-state index contributed by atoms with van der Waals surface area (Å²) >= 11 is 0. The van der Waals surface area contributed by atoms with Crippen molar-refractivity contribution in [2.75, 3.05) is 25.1 Å². The van der Waals surface area contributed by atoms with Crippen molar-refractivity contribution in [3.05, 3.63) is 69.8 Å². The van der Waals surface area contributed by atoms with Crippen LogP contribution in [0.3, 0.4) is 0 Å². The second-order valence-corrected chi connectivity index (χ2v) is 6.98. The van der Waals surface area contributed by atoms with Crippen LogP contribution in [0.1, 0.15) is 16.8 Å². The van der Waals surface area contributed by atoms with Gasteiger partial charge in [0.1, 0.15) is 30.1 Å². The van der Waals surface area contributed by atoms with Crippen LogP contribution < -0.4 is 10.3 Å². The molecule has 0 spiro atoms. The van der Waals surface area contributed by atoms with Gasteiger partial charge in [-0.3, -0.25) is 4.79 Å². The lowest BCUT2D eigenvalue weighted by Gasteiger charge is -2.20. The molecule has 1 N–H and O–H groups in total. The largest absolute Gasteiger partial charge is 0.477 e. The highest BCUT2D eigenvalue weighted by Crippen LogP contribution is 2.29. The molecule has 2 aromatic carbocycles. The van der Waals surface area contributed by atoms with Gasteiger partial charge in [0.2, 0.25) is 5.43 Å². The summed E-state index contributed by atoms with van der Waals surface area (Å²) in [6, 6.07) is 5.03. The number of carbonyl (C=O) groups is 1. The van der Waals surface area contributed by atoms with Crippen LogP contribution in [-0.4, -0.2) is 41.6 Å². The summed E-state index contributed by atoms with van der Waals surface area (Å²) in [5.41, 5.74) is -0.852. The Morgan fingerprint density at radius 1 is 1.13 bits per heavy atom. The summed E-state index contributed by atoms with van der Waals surface area (Å²) in [5.74, 6) is -4.08. The third-order valence-electron chi connectivity index (χ3n) is 5.08. The van der Waals surface area contributed by atoms with E-state index in [-0.39, 0.29) is 22.3 Å². The number of carboxylic acid groups (broad SMARTS) is 1. The molecule has 2 heterocycles. The minimum atomic E-state index is -1.55. The first-order valence-electron chi connectivity index (χ1n) is 9.21. The lowest BCUT2D eigenvalue weighted by atomic mass is 10.1. The van der Waals surface area contributed by atoms with Gasteiger partial charge in [0, 0.05) is 30.6 Å². The Morgan fingerprint density at radius 3 is 2.55 bits per heavy atom. The summed E-state index contributed by atoms with van der Waals surface area (Å²) in [5, 5.41) is 13.0.